The standard InChI is InChI=1S/C17H23FN2/c1-4-5-6-17(15-9-11-16(18)12-10-15)19-20-13(2)7-8-14(20)3/h7-12,17,19H,4-6H2,1-3H3. The zero-order valence-corrected chi connectivity index (χ0v) is 12.5. The highest BCUT2D eigenvalue weighted by atomic mass is 19.1. The second-order valence-electron chi connectivity index (χ2n) is 5.33. The number of hydrogen-bond donors (Lipinski definition) is 1. The second kappa shape index (κ2) is 6.60. The summed E-state index contributed by atoms with van der Waals surface area (Å²) in [6.45, 7) is 6.36. The Morgan fingerprint density at radius 1 is 1.05 bits per heavy atom. The van der Waals surface area contributed by atoms with Gasteiger partial charge < -0.3 is 5.43 Å². The van der Waals surface area contributed by atoms with Crippen molar-refractivity contribution in [1.29, 1.82) is 0 Å². The van der Waals surface area contributed by atoms with Crippen LogP contribution in [0.2, 0.25) is 0 Å². The Kier molecular flexibility index (Phi) is 4.83. The first kappa shape index (κ1) is 14.6. The van der Waals surface area contributed by atoms with E-state index in [1.54, 1.807) is 0 Å². The fourth-order valence-electron chi connectivity index (χ4n) is 2.44. The van der Waals surface area contributed by atoms with Crippen molar-refractivity contribution in [2.75, 3.05) is 5.43 Å². The minimum absolute atomic E-state index is 0.184. The third-order valence-corrected chi connectivity index (χ3v) is 3.67. The number of halogens is 1. The number of unbranched alkanes of at least 4 members (excludes halogenated alkanes) is 1. The van der Waals surface area contributed by atoms with E-state index in [2.05, 4.69) is 43.0 Å². The van der Waals surface area contributed by atoms with Crippen molar-refractivity contribution in [1.82, 2.24) is 4.68 Å². The molecule has 1 heterocycles. The Morgan fingerprint density at radius 2 is 1.65 bits per heavy atom. The maximum atomic E-state index is 13.1. The van der Waals surface area contributed by atoms with Crippen LogP contribution in [0.15, 0.2) is 36.4 Å². The maximum absolute atomic E-state index is 13.1. The van der Waals surface area contributed by atoms with Gasteiger partial charge in [-0.15, -0.1) is 0 Å². The molecule has 2 rings (SSSR count). The van der Waals surface area contributed by atoms with Crippen LogP contribution < -0.4 is 5.43 Å². The molecular weight excluding hydrogens is 251 g/mol. The van der Waals surface area contributed by atoms with Crippen LogP contribution in [0.1, 0.15) is 49.2 Å². The molecule has 108 valence electrons. The highest BCUT2D eigenvalue weighted by Crippen LogP contribution is 2.22. The minimum Gasteiger partial charge on any atom is -0.318 e. The van der Waals surface area contributed by atoms with Gasteiger partial charge in [-0.1, -0.05) is 31.9 Å². The first-order chi connectivity index (χ1) is 9.61. The summed E-state index contributed by atoms with van der Waals surface area (Å²) in [5.41, 5.74) is 7.06. The molecular formula is C17H23FN2. The molecule has 1 unspecified atom stereocenters. The van der Waals surface area contributed by atoms with E-state index >= 15 is 0 Å². The predicted molar refractivity (Wildman–Crippen MR) is 81.9 cm³/mol. The highest BCUT2D eigenvalue weighted by molar-refractivity contribution is 5.24. The van der Waals surface area contributed by atoms with E-state index < -0.39 is 0 Å². The van der Waals surface area contributed by atoms with Gasteiger partial charge in [0.2, 0.25) is 0 Å². The highest BCUT2D eigenvalue weighted by Gasteiger charge is 2.13. The molecule has 0 amide bonds. The zero-order valence-electron chi connectivity index (χ0n) is 12.5. The van der Waals surface area contributed by atoms with E-state index in [1.807, 2.05) is 12.1 Å². The van der Waals surface area contributed by atoms with E-state index in [9.17, 15) is 4.39 Å². The Hall–Kier alpha value is -1.77. The molecule has 0 fully saturated rings. The molecule has 0 saturated heterocycles. The van der Waals surface area contributed by atoms with Gasteiger partial charge >= 0.3 is 0 Å². The normalized spacial score (nSPS) is 12.4. The van der Waals surface area contributed by atoms with Crippen LogP contribution >= 0.6 is 0 Å². The smallest absolute Gasteiger partial charge is 0.123 e. The lowest BCUT2D eigenvalue weighted by Crippen LogP contribution is -2.23. The largest absolute Gasteiger partial charge is 0.318 e. The number of rotatable bonds is 6. The molecule has 0 aliphatic carbocycles. The third-order valence-electron chi connectivity index (χ3n) is 3.67. The van der Waals surface area contributed by atoms with Gasteiger partial charge in [0.15, 0.2) is 0 Å². The number of aromatic nitrogens is 1. The fraction of sp³-hybridized carbons (Fsp3) is 0.412. The molecule has 20 heavy (non-hydrogen) atoms. The Balaban J connectivity index is 2.21. The van der Waals surface area contributed by atoms with Crippen molar-refractivity contribution in [3.05, 3.63) is 59.2 Å². The van der Waals surface area contributed by atoms with Crippen LogP contribution in [0.25, 0.3) is 0 Å². The molecule has 0 spiro atoms. The third kappa shape index (κ3) is 3.41. The average molecular weight is 274 g/mol. The summed E-state index contributed by atoms with van der Waals surface area (Å²) in [6, 6.07) is 11.2. The molecule has 0 bridgehead atoms. The minimum atomic E-state index is -0.184. The molecule has 0 aliphatic heterocycles. The fourth-order valence-corrected chi connectivity index (χ4v) is 2.44. The topological polar surface area (TPSA) is 17.0 Å². The van der Waals surface area contributed by atoms with E-state index in [4.69, 9.17) is 0 Å². The van der Waals surface area contributed by atoms with Crippen LogP contribution in [0.3, 0.4) is 0 Å². The summed E-state index contributed by atoms with van der Waals surface area (Å²) in [7, 11) is 0. The van der Waals surface area contributed by atoms with Gasteiger partial charge in [0, 0.05) is 11.4 Å². The van der Waals surface area contributed by atoms with Crippen molar-refractivity contribution in [2.45, 2.75) is 46.1 Å². The molecule has 3 heteroatoms. The average Bonchev–Trinajstić information content (AvgIpc) is 2.76. The van der Waals surface area contributed by atoms with Crippen molar-refractivity contribution in [2.24, 2.45) is 0 Å². The molecule has 0 saturated carbocycles. The van der Waals surface area contributed by atoms with Crippen LogP contribution in [-0.2, 0) is 0 Å². The number of nitrogens with one attached hydrogen (secondary N) is 1. The molecule has 0 aliphatic rings. The molecule has 2 nitrogen and oxygen atoms in total. The van der Waals surface area contributed by atoms with E-state index in [0.29, 0.717) is 0 Å². The van der Waals surface area contributed by atoms with Crippen molar-refractivity contribution in [3.8, 4) is 0 Å². The number of aryl methyl sites for hydroxylation is 2. The SMILES string of the molecule is CCCCC(Nn1c(C)ccc1C)c1ccc(F)cc1. The monoisotopic (exact) mass is 274 g/mol. The molecule has 1 N–H and O–H groups in total. The number of benzene rings is 1. The van der Waals surface area contributed by atoms with Crippen molar-refractivity contribution >= 4 is 0 Å². The van der Waals surface area contributed by atoms with E-state index in [-0.39, 0.29) is 11.9 Å². The lowest BCUT2D eigenvalue weighted by Gasteiger charge is -2.23. The molecule has 1 atom stereocenters. The first-order valence-corrected chi connectivity index (χ1v) is 7.28. The summed E-state index contributed by atoms with van der Waals surface area (Å²) in [4.78, 5) is 0. The molecule has 2 aromatic rings. The first-order valence-electron chi connectivity index (χ1n) is 7.28. The summed E-state index contributed by atoms with van der Waals surface area (Å²) in [5, 5.41) is 0. The Labute approximate surface area is 120 Å². The van der Waals surface area contributed by atoms with Crippen LogP contribution in [0, 0.1) is 19.7 Å². The Morgan fingerprint density at radius 3 is 2.20 bits per heavy atom. The van der Waals surface area contributed by atoms with Gasteiger partial charge in [-0.05, 0) is 50.1 Å². The van der Waals surface area contributed by atoms with Gasteiger partial charge in [0.05, 0.1) is 6.04 Å². The maximum Gasteiger partial charge on any atom is 0.123 e. The van der Waals surface area contributed by atoms with E-state index in [0.717, 1.165) is 24.8 Å². The van der Waals surface area contributed by atoms with Crippen LogP contribution in [0.5, 0.6) is 0 Å². The second-order valence-corrected chi connectivity index (χ2v) is 5.33. The number of hydrogen-bond acceptors (Lipinski definition) is 1. The molecule has 1 aromatic heterocycles. The lowest BCUT2D eigenvalue weighted by atomic mass is 10.0. The number of nitrogens with zero attached hydrogens (tertiary/aromatic N) is 1. The van der Waals surface area contributed by atoms with Gasteiger partial charge in [0.25, 0.3) is 0 Å². The van der Waals surface area contributed by atoms with E-state index in [1.165, 1.54) is 23.5 Å². The van der Waals surface area contributed by atoms with Crippen LogP contribution in [0.4, 0.5) is 4.39 Å². The Bertz CT molecular complexity index is 523. The van der Waals surface area contributed by atoms with Gasteiger partial charge in [-0.25, -0.2) is 4.39 Å². The van der Waals surface area contributed by atoms with Crippen LogP contribution in [-0.4, -0.2) is 4.68 Å². The predicted octanol–water partition coefficient (Wildman–Crippen LogP) is 4.72. The lowest BCUT2D eigenvalue weighted by molar-refractivity contribution is 0.572. The quantitative estimate of drug-likeness (QED) is 0.806. The molecule has 1 aromatic carbocycles. The summed E-state index contributed by atoms with van der Waals surface area (Å²) in [6.07, 6.45) is 3.34. The van der Waals surface area contributed by atoms with Gasteiger partial charge in [-0.2, -0.15) is 0 Å². The summed E-state index contributed by atoms with van der Waals surface area (Å²) in [5.74, 6) is -0.184. The summed E-state index contributed by atoms with van der Waals surface area (Å²) < 4.78 is 15.2. The van der Waals surface area contributed by atoms with Crippen molar-refractivity contribution < 1.29 is 4.39 Å². The molecule has 0 radical (unpaired) electrons. The zero-order chi connectivity index (χ0) is 14.5. The summed E-state index contributed by atoms with van der Waals surface area (Å²) >= 11 is 0. The van der Waals surface area contributed by atoms with Gasteiger partial charge in [-0.3, -0.25) is 4.68 Å². The van der Waals surface area contributed by atoms with Crippen molar-refractivity contribution in [3.63, 3.8) is 0 Å². The van der Waals surface area contributed by atoms with Gasteiger partial charge in [0.1, 0.15) is 5.82 Å².